The van der Waals surface area contributed by atoms with E-state index in [4.69, 9.17) is 4.74 Å². The molecule has 1 aromatic heterocycles. The van der Waals surface area contributed by atoms with E-state index in [2.05, 4.69) is 10.3 Å². The van der Waals surface area contributed by atoms with Crippen LogP contribution in [0.4, 0.5) is 18.9 Å². The Morgan fingerprint density at radius 3 is 2.94 bits per heavy atom. The van der Waals surface area contributed by atoms with Crippen molar-refractivity contribution in [1.29, 1.82) is 0 Å². The van der Waals surface area contributed by atoms with E-state index in [0.29, 0.717) is 24.8 Å². The molecule has 17 heavy (non-hydrogen) atoms. The van der Waals surface area contributed by atoms with Gasteiger partial charge in [-0.1, -0.05) is 0 Å². The monoisotopic (exact) mass is 246 g/mol. The van der Waals surface area contributed by atoms with Gasteiger partial charge in [-0.2, -0.15) is 13.2 Å². The molecule has 0 amide bonds. The van der Waals surface area contributed by atoms with Crippen molar-refractivity contribution in [3.05, 3.63) is 24.0 Å². The van der Waals surface area contributed by atoms with Gasteiger partial charge in [0.25, 0.3) is 0 Å². The molecule has 94 valence electrons. The normalized spacial score (nSPS) is 20.5. The molecule has 1 aromatic rings. The number of pyridine rings is 1. The molecule has 0 radical (unpaired) electrons. The first-order valence-electron chi connectivity index (χ1n) is 5.40. The lowest BCUT2D eigenvalue weighted by Gasteiger charge is -2.12. The molecule has 1 unspecified atom stereocenters. The second kappa shape index (κ2) is 4.91. The van der Waals surface area contributed by atoms with Crippen LogP contribution in [-0.4, -0.2) is 24.7 Å². The summed E-state index contributed by atoms with van der Waals surface area (Å²) in [5.74, 6) is 0.373. The average Bonchev–Trinajstić information content (AvgIpc) is 2.78. The Balaban J connectivity index is 1.96. The largest absolute Gasteiger partial charge is 0.433 e. The minimum Gasteiger partial charge on any atom is -0.385 e. The second-order valence-electron chi connectivity index (χ2n) is 4.04. The first-order chi connectivity index (χ1) is 8.05. The molecule has 6 heteroatoms. The van der Waals surface area contributed by atoms with E-state index in [1.807, 2.05) is 0 Å². The molecule has 1 N–H and O–H groups in total. The zero-order valence-corrected chi connectivity index (χ0v) is 9.13. The molecule has 1 aliphatic heterocycles. The van der Waals surface area contributed by atoms with E-state index in [1.165, 1.54) is 6.07 Å². The van der Waals surface area contributed by atoms with Gasteiger partial charge in [-0.05, 0) is 18.6 Å². The van der Waals surface area contributed by atoms with Crippen LogP contribution >= 0.6 is 0 Å². The third kappa shape index (κ3) is 3.33. The summed E-state index contributed by atoms with van der Waals surface area (Å²) in [6, 6.07) is 2.56. The molecule has 0 saturated carbocycles. The second-order valence-corrected chi connectivity index (χ2v) is 4.04. The number of aromatic nitrogens is 1. The maximum Gasteiger partial charge on any atom is 0.433 e. The smallest absolute Gasteiger partial charge is 0.385 e. The highest BCUT2D eigenvalue weighted by molar-refractivity contribution is 5.43. The van der Waals surface area contributed by atoms with Gasteiger partial charge < -0.3 is 10.1 Å². The first kappa shape index (κ1) is 12.2. The zero-order chi connectivity index (χ0) is 12.3. The van der Waals surface area contributed by atoms with Gasteiger partial charge in [0, 0.05) is 31.0 Å². The molecule has 3 nitrogen and oxygen atoms in total. The molecular formula is C11H13F3N2O. The summed E-state index contributed by atoms with van der Waals surface area (Å²) in [5, 5.41) is 2.98. The summed E-state index contributed by atoms with van der Waals surface area (Å²) in [7, 11) is 0. The lowest BCUT2D eigenvalue weighted by atomic mass is 10.1. The van der Waals surface area contributed by atoms with Crippen LogP contribution in [0.15, 0.2) is 18.3 Å². The standard InChI is InChI=1S/C11H13F3N2O/c12-11(13,14)10-5-9(1-3-15-10)16-6-8-2-4-17-7-8/h1,3,5,8H,2,4,6-7H2,(H,15,16). The Kier molecular flexibility index (Phi) is 3.51. The summed E-state index contributed by atoms with van der Waals surface area (Å²) in [6.07, 6.45) is -2.28. The van der Waals surface area contributed by atoms with Crippen LogP contribution in [0.1, 0.15) is 12.1 Å². The number of anilines is 1. The summed E-state index contributed by atoms with van der Waals surface area (Å²) >= 11 is 0. The van der Waals surface area contributed by atoms with Gasteiger partial charge in [-0.15, -0.1) is 0 Å². The quantitative estimate of drug-likeness (QED) is 0.890. The topological polar surface area (TPSA) is 34.1 Å². The molecule has 2 rings (SSSR count). The van der Waals surface area contributed by atoms with Crippen LogP contribution in [0.5, 0.6) is 0 Å². The van der Waals surface area contributed by atoms with E-state index in [9.17, 15) is 13.2 Å². The SMILES string of the molecule is FC(F)(F)c1cc(NCC2CCOC2)ccn1. The van der Waals surface area contributed by atoms with Crippen LogP contribution in [0.2, 0.25) is 0 Å². The third-order valence-corrected chi connectivity index (χ3v) is 2.67. The van der Waals surface area contributed by atoms with Gasteiger partial charge in [0.15, 0.2) is 0 Å². The fraction of sp³-hybridized carbons (Fsp3) is 0.545. The van der Waals surface area contributed by atoms with Crippen molar-refractivity contribution in [1.82, 2.24) is 4.98 Å². The minimum absolute atomic E-state index is 0.373. The van der Waals surface area contributed by atoms with E-state index >= 15 is 0 Å². The third-order valence-electron chi connectivity index (χ3n) is 2.67. The van der Waals surface area contributed by atoms with Crippen LogP contribution < -0.4 is 5.32 Å². The molecule has 1 fully saturated rings. The predicted molar refractivity (Wildman–Crippen MR) is 56.7 cm³/mol. The van der Waals surface area contributed by atoms with Crippen molar-refractivity contribution < 1.29 is 17.9 Å². The Morgan fingerprint density at radius 2 is 2.29 bits per heavy atom. The number of alkyl halides is 3. The van der Waals surface area contributed by atoms with Crippen LogP contribution in [0, 0.1) is 5.92 Å². The highest BCUT2D eigenvalue weighted by atomic mass is 19.4. The number of halogens is 3. The van der Waals surface area contributed by atoms with Crippen molar-refractivity contribution in [2.24, 2.45) is 5.92 Å². The summed E-state index contributed by atoms with van der Waals surface area (Å²) in [5.41, 5.74) is -0.426. The fourth-order valence-corrected chi connectivity index (χ4v) is 1.70. The van der Waals surface area contributed by atoms with Crippen LogP contribution in [0.25, 0.3) is 0 Å². The Labute approximate surface area is 97.0 Å². The predicted octanol–water partition coefficient (Wildman–Crippen LogP) is 2.55. The van der Waals surface area contributed by atoms with Crippen LogP contribution in [0.3, 0.4) is 0 Å². The summed E-state index contributed by atoms with van der Waals surface area (Å²) in [4.78, 5) is 3.30. The lowest BCUT2D eigenvalue weighted by Crippen LogP contribution is -2.15. The number of nitrogens with one attached hydrogen (secondary N) is 1. The van der Waals surface area contributed by atoms with Gasteiger partial charge in [0.05, 0.1) is 6.61 Å². The highest BCUT2D eigenvalue weighted by Crippen LogP contribution is 2.28. The van der Waals surface area contributed by atoms with E-state index in [1.54, 1.807) is 0 Å². The zero-order valence-electron chi connectivity index (χ0n) is 9.13. The van der Waals surface area contributed by atoms with Crippen molar-refractivity contribution in [3.8, 4) is 0 Å². The van der Waals surface area contributed by atoms with E-state index < -0.39 is 11.9 Å². The van der Waals surface area contributed by atoms with Crippen molar-refractivity contribution in [2.45, 2.75) is 12.6 Å². The maximum atomic E-state index is 12.4. The minimum atomic E-state index is -4.39. The van der Waals surface area contributed by atoms with Crippen molar-refractivity contribution in [2.75, 3.05) is 25.1 Å². The fourth-order valence-electron chi connectivity index (χ4n) is 1.70. The number of hydrogen-bond acceptors (Lipinski definition) is 3. The van der Waals surface area contributed by atoms with Gasteiger partial charge in [0.2, 0.25) is 0 Å². The summed E-state index contributed by atoms with van der Waals surface area (Å²) in [6.45, 7) is 2.03. The number of nitrogens with zero attached hydrogens (tertiary/aromatic N) is 1. The molecule has 1 atom stereocenters. The molecule has 1 saturated heterocycles. The maximum absolute atomic E-state index is 12.4. The van der Waals surface area contributed by atoms with Crippen LogP contribution in [-0.2, 0) is 10.9 Å². The molecule has 0 bridgehead atoms. The van der Waals surface area contributed by atoms with E-state index in [0.717, 1.165) is 25.3 Å². The number of ether oxygens (including phenoxy) is 1. The molecular weight excluding hydrogens is 233 g/mol. The number of hydrogen-bond donors (Lipinski definition) is 1. The van der Waals surface area contributed by atoms with Crippen molar-refractivity contribution >= 4 is 5.69 Å². The molecule has 0 aliphatic carbocycles. The highest BCUT2D eigenvalue weighted by Gasteiger charge is 2.32. The van der Waals surface area contributed by atoms with Crippen molar-refractivity contribution in [3.63, 3.8) is 0 Å². The molecule has 1 aliphatic rings. The molecule has 2 heterocycles. The van der Waals surface area contributed by atoms with E-state index in [-0.39, 0.29) is 0 Å². The lowest BCUT2D eigenvalue weighted by molar-refractivity contribution is -0.141. The van der Waals surface area contributed by atoms with Gasteiger partial charge >= 0.3 is 6.18 Å². The summed E-state index contributed by atoms with van der Waals surface area (Å²) < 4.78 is 42.4. The Hall–Kier alpha value is -1.30. The van der Waals surface area contributed by atoms with Gasteiger partial charge in [0.1, 0.15) is 5.69 Å². The Morgan fingerprint density at radius 1 is 1.47 bits per heavy atom. The Bertz CT molecular complexity index is 375. The van der Waals surface area contributed by atoms with Gasteiger partial charge in [-0.25, -0.2) is 0 Å². The van der Waals surface area contributed by atoms with Gasteiger partial charge in [-0.3, -0.25) is 4.98 Å². The first-order valence-corrected chi connectivity index (χ1v) is 5.40. The average molecular weight is 246 g/mol. The molecule has 0 aromatic carbocycles. The number of rotatable bonds is 3. The molecule has 0 spiro atoms.